The number of carboxylic acids is 1. The van der Waals surface area contributed by atoms with Crippen molar-refractivity contribution in [3.8, 4) is 0 Å². The van der Waals surface area contributed by atoms with Gasteiger partial charge >= 0.3 is 12.1 Å². The van der Waals surface area contributed by atoms with Crippen LogP contribution in [0, 0.1) is 0 Å². The number of aliphatic carboxylic acids is 1. The van der Waals surface area contributed by atoms with Crippen LogP contribution in [0.2, 0.25) is 5.02 Å². The normalized spacial score (nSPS) is 14.1. The number of benzene rings is 1. The third-order valence-electron chi connectivity index (χ3n) is 2.72. The number of carboxylic acid groups (broad SMARTS) is 1. The lowest BCUT2D eigenvalue weighted by atomic mass is 9.93. The van der Waals surface area contributed by atoms with E-state index < -0.39 is 23.2 Å². The molecule has 1 rings (SSSR count). The van der Waals surface area contributed by atoms with E-state index in [1.165, 1.54) is 6.92 Å². The van der Waals surface area contributed by atoms with E-state index in [1.54, 1.807) is 45.0 Å². The fraction of sp³-hybridized carbons (Fsp3) is 0.467. The van der Waals surface area contributed by atoms with E-state index in [0.29, 0.717) is 5.02 Å². The summed E-state index contributed by atoms with van der Waals surface area (Å²) in [5.41, 5.74) is -1.40. The van der Waals surface area contributed by atoms with Crippen molar-refractivity contribution in [1.29, 1.82) is 0 Å². The van der Waals surface area contributed by atoms with Crippen LogP contribution in [-0.4, -0.2) is 28.3 Å². The van der Waals surface area contributed by atoms with E-state index in [2.05, 4.69) is 5.32 Å². The number of halogens is 1. The first kappa shape index (κ1) is 17.3. The summed E-state index contributed by atoms with van der Waals surface area (Å²) in [4.78, 5) is 23.3. The number of carbonyl (C=O) groups excluding carboxylic acids is 1. The second-order valence-electron chi connectivity index (χ2n) is 6.07. The van der Waals surface area contributed by atoms with Crippen LogP contribution in [0.4, 0.5) is 4.79 Å². The molecule has 0 heterocycles. The molecule has 0 bridgehead atoms. The molecular weight excluding hydrogens is 294 g/mol. The predicted molar refractivity (Wildman–Crippen MR) is 80.6 cm³/mol. The maximum absolute atomic E-state index is 11.8. The molecule has 2 N–H and O–H groups in total. The summed E-state index contributed by atoms with van der Waals surface area (Å²) in [6.07, 6.45) is -0.639. The molecule has 0 aliphatic carbocycles. The topological polar surface area (TPSA) is 75.6 Å². The zero-order valence-corrected chi connectivity index (χ0v) is 13.3. The van der Waals surface area contributed by atoms with E-state index in [-0.39, 0.29) is 6.42 Å². The van der Waals surface area contributed by atoms with Gasteiger partial charge in [-0.25, -0.2) is 9.59 Å². The number of hydrogen-bond donors (Lipinski definition) is 2. The van der Waals surface area contributed by atoms with Crippen molar-refractivity contribution < 1.29 is 19.4 Å². The number of ether oxygens (including phenoxy) is 1. The minimum atomic E-state index is -1.46. The number of alkyl carbamates (subject to hydrolysis) is 1. The molecule has 6 heteroatoms. The van der Waals surface area contributed by atoms with Crippen molar-refractivity contribution in [2.24, 2.45) is 0 Å². The van der Waals surface area contributed by atoms with Crippen molar-refractivity contribution in [3.63, 3.8) is 0 Å². The van der Waals surface area contributed by atoms with E-state index in [9.17, 15) is 14.7 Å². The fourth-order valence-corrected chi connectivity index (χ4v) is 1.84. The average Bonchev–Trinajstić information content (AvgIpc) is 2.29. The molecule has 21 heavy (non-hydrogen) atoms. The largest absolute Gasteiger partial charge is 0.480 e. The number of carbonyl (C=O) groups is 2. The summed E-state index contributed by atoms with van der Waals surface area (Å²) in [5.74, 6) is -1.14. The summed E-state index contributed by atoms with van der Waals surface area (Å²) < 4.78 is 5.11. The van der Waals surface area contributed by atoms with E-state index in [0.717, 1.165) is 5.56 Å². The molecular formula is C15H20ClNO4. The van der Waals surface area contributed by atoms with Gasteiger partial charge in [-0.2, -0.15) is 0 Å². The first-order valence-electron chi connectivity index (χ1n) is 6.51. The van der Waals surface area contributed by atoms with E-state index in [1.807, 2.05) is 0 Å². The SMILES string of the molecule is CC(C)(C)OC(=O)NC(C)(Cc1ccc(Cl)cc1)C(=O)O. The lowest BCUT2D eigenvalue weighted by molar-refractivity contribution is -0.144. The molecule has 0 aliphatic heterocycles. The van der Waals surface area contributed by atoms with Crippen LogP contribution in [0.25, 0.3) is 0 Å². The Kier molecular flexibility index (Phi) is 5.23. The van der Waals surface area contributed by atoms with Gasteiger partial charge in [0.25, 0.3) is 0 Å². The van der Waals surface area contributed by atoms with Gasteiger partial charge in [0.05, 0.1) is 0 Å². The molecule has 0 saturated heterocycles. The summed E-state index contributed by atoms with van der Waals surface area (Å²) in [6.45, 7) is 6.57. The number of nitrogens with one attached hydrogen (secondary N) is 1. The Morgan fingerprint density at radius 2 is 1.71 bits per heavy atom. The Hall–Kier alpha value is -1.75. The first-order valence-corrected chi connectivity index (χ1v) is 6.89. The molecule has 1 atom stereocenters. The lowest BCUT2D eigenvalue weighted by Gasteiger charge is -2.28. The highest BCUT2D eigenvalue weighted by Crippen LogP contribution is 2.18. The van der Waals surface area contributed by atoms with Crippen LogP contribution in [0.5, 0.6) is 0 Å². The molecule has 0 aliphatic rings. The van der Waals surface area contributed by atoms with Crippen LogP contribution in [0.3, 0.4) is 0 Å². The molecule has 116 valence electrons. The minimum absolute atomic E-state index is 0.124. The van der Waals surface area contributed by atoms with Gasteiger partial charge in [-0.1, -0.05) is 23.7 Å². The summed E-state index contributed by atoms with van der Waals surface area (Å²) in [7, 11) is 0. The Balaban J connectivity index is 2.86. The van der Waals surface area contributed by atoms with Crippen LogP contribution < -0.4 is 5.32 Å². The smallest absolute Gasteiger partial charge is 0.408 e. The highest BCUT2D eigenvalue weighted by Gasteiger charge is 2.36. The second-order valence-corrected chi connectivity index (χ2v) is 6.50. The van der Waals surface area contributed by atoms with Crippen molar-refractivity contribution in [2.75, 3.05) is 0 Å². The third-order valence-corrected chi connectivity index (χ3v) is 2.97. The Morgan fingerprint density at radius 3 is 2.14 bits per heavy atom. The van der Waals surface area contributed by atoms with Crippen molar-refractivity contribution >= 4 is 23.7 Å². The summed E-state index contributed by atoms with van der Waals surface area (Å²) >= 11 is 5.80. The molecule has 1 unspecified atom stereocenters. The molecule has 1 aromatic carbocycles. The minimum Gasteiger partial charge on any atom is -0.480 e. The predicted octanol–water partition coefficient (Wildman–Crippen LogP) is 3.25. The summed E-state index contributed by atoms with van der Waals surface area (Å²) in [6, 6.07) is 6.79. The zero-order valence-electron chi connectivity index (χ0n) is 12.6. The van der Waals surface area contributed by atoms with Gasteiger partial charge < -0.3 is 15.2 Å². The zero-order chi connectivity index (χ0) is 16.3. The van der Waals surface area contributed by atoms with Crippen LogP contribution in [0.1, 0.15) is 33.3 Å². The Morgan fingerprint density at radius 1 is 1.19 bits per heavy atom. The lowest BCUT2D eigenvalue weighted by Crippen LogP contribution is -2.54. The number of hydrogen-bond acceptors (Lipinski definition) is 3. The average molecular weight is 314 g/mol. The third kappa shape index (κ3) is 5.63. The van der Waals surface area contributed by atoms with Crippen LogP contribution in [0.15, 0.2) is 24.3 Å². The maximum Gasteiger partial charge on any atom is 0.408 e. The van der Waals surface area contributed by atoms with Crippen LogP contribution in [-0.2, 0) is 16.0 Å². The molecule has 0 spiro atoms. The van der Waals surface area contributed by atoms with Crippen molar-refractivity contribution in [1.82, 2.24) is 5.32 Å². The second kappa shape index (κ2) is 6.35. The van der Waals surface area contributed by atoms with E-state index >= 15 is 0 Å². The summed E-state index contributed by atoms with van der Waals surface area (Å²) in [5, 5.41) is 12.4. The molecule has 0 aromatic heterocycles. The quantitative estimate of drug-likeness (QED) is 0.894. The molecule has 0 fully saturated rings. The molecule has 5 nitrogen and oxygen atoms in total. The molecule has 0 radical (unpaired) electrons. The number of amides is 1. The fourth-order valence-electron chi connectivity index (χ4n) is 1.71. The highest BCUT2D eigenvalue weighted by atomic mass is 35.5. The first-order chi connectivity index (χ1) is 9.52. The molecule has 1 aromatic rings. The van der Waals surface area contributed by atoms with Crippen LogP contribution >= 0.6 is 11.6 Å². The van der Waals surface area contributed by atoms with Gasteiger partial charge in [0, 0.05) is 11.4 Å². The van der Waals surface area contributed by atoms with E-state index in [4.69, 9.17) is 16.3 Å². The van der Waals surface area contributed by atoms with Gasteiger partial charge in [-0.05, 0) is 45.4 Å². The Bertz CT molecular complexity index is 521. The highest BCUT2D eigenvalue weighted by molar-refractivity contribution is 6.30. The van der Waals surface area contributed by atoms with Gasteiger partial charge in [-0.15, -0.1) is 0 Å². The molecule has 1 amide bonds. The van der Waals surface area contributed by atoms with Gasteiger partial charge in [-0.3, -0.25) is 0 Å². The standard InChI is InChI=1S/C15H20ClNO4/c1-14(2,3)21-13(20)17-15(4,12(18)19)9-10-5-7-11(16)8-6-10/h5-8H,9H2,1-4H3,(H,17,20)(H,18,19). The van der Waals surface area contributed by atoms with Gasteiger partial charge in [0.1, 0.15) is 11.1 Å². The van der Waals surface area contributed by atoms with Gasteiger partial charge in [0.15, 0.2) is 0 Å². The van der Waals surface area contributed by atoms with Gasteiger partial charge in [0.2, 0.25) is 0 Å². The Labute approximate surface area is 129 Å². The maximum atomic E-state index is 11.8. The monoisotopic (exact) mass is 313 g/mol. The van der Waals surface area contributed by atoms with Crippen molar-refractivity contribution in [3.05, 3.63) is 34.9 Å². The number of rotatable bonds is 4. The molecule has 0 saturated carbocycles. The van der Waals surface area contributed by atoms with Crippen molar-refractivity contribution in [2.45, 2.75) is 45.3 Å².